The van der Waals surface area contributed by atoms with Crippen molar-refractivity contribution in [2.24, 2.45) is 5.92 Å². The average molecular weight is 256 g/mol. The zero-order chi connectivity index (χ0) is 13.1. The van der Waals surface area contributed by atoms with E-state index in [2.05, 4.69) is 10.6 Å². The first-order chi connectivity index (χ1) is 9.34. The molecule has 1 aromatic carbocycles. The lowest BCUT2D eigenvalue weighted by molar-refractivity contribution is 0.0915. The molecule has 2 heterocycles. The number of hydrogen-bond donors (Lipinski definition) is 2. The number of rotatable bonds is 4. The molecule has 1 fully saturated rings. The second-order valence-corrected chi connectivity index (χ2v) is 4.76. The highest BCUT2D eigenvalue weighted by Crippen LogP contribution is 2.24. The predicted octanol–water partition coefficient (Wildman–Crippen LogP) is 1.90. The second kappa shape index (κ2) is 5.28. The van der Waals surface area contributed by atoms with Crippen LogP contribution in [-0.2, 0) is 0 Å². The van der Waals surface area contributed by atoms with E-state index in [1.807, 2.05) is 36.4 Å². The third-order valence-electron chi connectivity index (χ3n) is 3.37. The Hall–Kier alpha value is -2.07. The quantitative estimate of drug-likeness (QED) is 0.878. The van der Waals surface area contributed by atoms with E-state index < -0.39 is 0 Å². The maximum absolute atomic E-state index is 12.1. The fourth-order valence-electron chi connectivity index (χ4n) is 2.14. The monoisotopic (exact) mass is 256 g/mol. The first-order valence-corrected chi connectivity index (χ1v) is 6.46. The van der Waals surface area contributed by atoms with E-state index in [1.54, 1.807) is 6.26 Å². The van der Waals surface area contributed by atoms with E-state index in [4.69, 9.17) is 4.42 Å². The molecular formula is C15H16N2O2. The van der Waals surface area contributed by atoms with Gasteiger partial charge in [0.05, 0.1) is 6.26 Å². The van der Waals surface area contributed by atoms with Gasteiger partial charge in [0.25, 0.3) is 5.91 Å². The minimum atomic E-state index is -0.143. The van der Waals surface area contributed by atoms with E-state index in [1.165, 1.54) is 0 Å². The summed E-state index contributed by atoms with van der Waals surface area (Å²) >= 11 is 0. The highest BCUT2D eigenvalue weighted by atomic mass is 16.3. The van der Waals surface area contributed by atoms with Crippen LogP contribution >= 0.6 is 0 Å². The first kappa shape index (κ1) is 12.0. The Balaban J connectivity index is 1.74. The van der Waals surface area contributed by atoms with Crippen molar-refractivity contribution >= 4 is 5.91 Å². The van der Waals surface area contributed by atoms with Crippen molar-refractivity contribution in [3.05, 3.63) is 48.4 Å². The zero-order valence-corrected chi connectivity index (χ0v) is 10.6. The smallest absolute Gasteiger partial charge is 0.287 e. The fraction of sp³-hybridized carbons (Fsp3) is 0.267. The van der Waals surface area contributed by atoms with Crippen molar-refractivity contribution in [2.75, 3.05) is 19.6 Å². The molecule has 2 N–H and O–H groups in total. The number of furan rings is 1. The minimum absolute atomic E-state index is 0.143. The summed E-state index contributed by atoms with van der Waals surface area (Å²) in [5, 5.41) is 6.11. The van der Waals surface area contributed by atoms with Gasteiger partial charge in [-0.1, -0.05) is 30.3 Å². The molecular weight excluding hydrogens is 240 g/mol. The summed E-state index contributed by atoms with van der Waals surface area (Å²) in [6.07, 6.45) is 1.56. The van der Waals surface area contributed by atoms with Crippen LogP contribution in [0, 0.1) is 5.92 Å². The van der Waals surface area contributed by atoms with E-state index in [9.17, 15) is 4.79 Å². The molecule has 0 spiro atoms. The van der Waals surface area contributed by atoms with Gasteiger partial charge in [0.1, 0.15) is 0 Å². The molecule has 19 heavy (non-hydrogen) atoms. The molecule has 0 radical (unpaired) electrons. The van der Waals surface area contributed by atoms with Crippen LogP contribution in [0.25, 0.3) is 11.1 Å². The highest BCUT2D eigenvalue weighted by Gasteiger charge is 2.20. The lowest BCUT2D eigenvalue weighted by atomic mass is 10.0. The van der Waals surface area contributed by atoms with E-state index in [0.29, 0.717) is 18.2 Å². The third kappa shape index (κ3) is 2.53. The van der Waals surface area contributed by atoms with Crippen LogP contribution in [0.5, 0.6) is 0 Å². The second-order valence-electron chi connectivity index (χ2n) is 4.76. The van der Waals surface area contributed by atoms with Crippen LogP contribution in [0.15, 0.2) is 47.1 Å². The molecule has 3 rings (SSSR count). The van der Waals surface area contributed by atoms with Crippen molar-refractivity contribution < 1.29 is 9.21 Å². The Morgan fingerprint density at radius 3 is 2.74 bits per heavy atom. The topological polar surface area (TPSA) is 54.3 Å². The molecule has 2 aromatic rings. The molecule has 1 saturated heterocycles. The molecule has 0 bridgehead atoms. The largest absolute Gasteiger partial charge is 0.459 e. The van der Waals surface area contributed by atoms with E-state index in [-0.39, 0.29) is 5.91 Å². The Bertz CT molecular complexity index is 559. The minimum Gasteiger partial charge on any atom is -0.459 e. The van der Waals surface area contributed by atoms with Gasteiger partial charge < -0.3 is 15.1 Å². The highest BCUT2D eigenvalue weighted by molar-refractivity contribution is 5.98. The van der Waals surface area contributed by atoms with Gasteiger partial charge in [-0.2, -0.15) is 0 Å². The van der Waals surface area contributed by atoms with Crippen LogP contribution < -0.4 is 10.6 Å². The van der Waals surface area contributed by atoms with Gasteiger partial charge in [0.2, 0.25) is 0 Å². The summed E-state index contributed by atoms with van der Waals surface area (Å²) in [4.78, 5) is 12.1. The van der Waals surface area contributed by atoms with E-state index in [0.717, 1.165) is 24.2 Å². The van der Waals surface area contributed by atoms with Gasteiger partial charge in [-0.3, -0.25) is 4.79 Å². The molecule has 0 atom stereocenters. The van der Waals surface area contributed by atoms with Gasteiger partial charge >= 0.3 is 0 Å². The van der Waals surface area contributed by atoms with Crippen molar-refractivity contribution in [1.29, 1.82) is 0 Å². The normalized spacial score (nSPS) is 14.9. The number of nitrogens with one attached hydrogen (secondary N) is 2. The third-order valence-corrected chi connectivity index (χ3v) is 3.37. The summed E-state index contributed by atoms with van der Waals surface area (Å²) < 4.78 is 5.34. The summed E-state index contributed by atoms with van der Waals surface area (Å²) in [5.74, 6) is 0.785. The van der Waals surface area contributed by atoms with Crippen LogP contribution in [0.4, 0.5) is 0 Å². The zero-order valence-electron chi connectivity index (χ0n) is 10.6. The predicted molar refractivity (Wildman–Crippen MR) is 72.8 cm³/mol. The molecule has 4 nitrogen and oxygen atoms in total. The maximum atomic E-state index is 12.1. The summed E-state index contributed by atoms with van der Waals surface area (Å²) in [6.45, 7) is 2.65. The molecule has 0 aliphatic carbocycles. The molecule has 1 aromatic heterocycles. The number of hydrogen-bond acceptors (Lipinski definition) is 3. The first-order valence-electron chi connectivity index (χ1n) is 6.46. The Morgan fingerprint density at radius 1 is 1.26 bits per heavy atom. The summed E-state index contributed by atoms with van der Waals surface area (Å²) in [7, 11) is 0. The molecule has 98 valence electrons. The maximum Gasteiger partial charge on any atom is 0.287 e. The molecule has 1 aliphatic rings. The Labute approximate surface area is 111 Å². The average Bonchev–Trinajstić information content (AvgIpc) is 2.87. The fourth-order valence-corrected chi connectivity index (χ4v) is 2.14. The van der Waals surface area contributed by atoms with Crippen LogP contribution in [0.3, 0.4) is 0 Å². The molecule has 0 unspecified atom stereocenters. The van der Waals surface area contributed by atoms with Crippen LogP contribution in [0.2, 0.25) is 0 Å². The van der Waals surface area contributed by atoms with Gasteiger partial charge in [0, 0.05) is 31.1 Å². The Morgan fingerprint density at radius 2 is 2.05 bits per heavy atom. The number of amides is 1. The summed E-state index contributed by atoms with van der Waals surface area (Å²) in [5.41, 5.74) is 1.83. The molecule has 0 saturated carbocycles. The summed E-state index contributed by atoms with van der Waals surface area (Å²) in [6, 6.07) is 11.6. The van der Waals surface area contributed by atoms with E-state index >= 15 is 0 Å². The van der Waals surface area contributed by atoms with Crippen molar-refractivity contribution in [3.8, 4) is 11.1 Å². The number of carbonyl (C=O) groups is 1. The van der Waals surface area contributed by atoms with Crippen molar-refractivity contribution in [3.63, 3.8) is 0 Å². The van der Waals surface area contributed by atoms with Crippen LogP contribution in [0.1, 0.15) is 10.6 Å². The Kier molecular flexibility index (Phi) is 3.33. The molecule has 1 aliphatic heterocycles. The lowest BCUT2D eigenvalue weighted by Crippen LogP contribution is -2.48. The van der Waals surface area contributed by atoms with Gasteiger partial charge in [-0.05, 0) is 11.6 Å². The van der Waals surface area contributed by atoms with Crippen LogP contribution in [-0.4, -0.2) is 25.5 Å². The number of carbonyl (C=O) groups excluding carboxylic acids is 1. The standard InChI is InChI=1S/C15H16N2O2/c18-15(17-10-11-8-16-9-11)14-13(6-7-19-14)12-4-2-1-3-5-12/h1-7,11,16H,8-10H2,(H,17,18). The van der Waals surface area contributed by atoms with Crippen molar-refractivity contribution in [1.82, 2.24) is 10.6 Å². The van der Waals surface area contributed by atoms with Gasteiger partial charge in [-0.25, -0.2) is 0 Å². The molecule has 4 heteroatoms. The lowest BCUT2D eigenvalue weighted by Gasteiger charge is -2.26. The SMILES string of the molecule is O=C(NCC1CNC1)c1occc1-c1ccccc1. The number of benzene rings is 1. The molecule has 1 amide bonds. The van der Waals surface area contributed by atoms with Gasteiger partial charge in [0.15, 0.2) is 5.76 Å². The van der Waals surface area contributed by atoms with Crippen molar-refractivity contribution in [2.45, 2.75) is 0 Å². The van der Waals surface area contributed by atoms with Gasteiger partial charge in [-0.15, -0.1) is 0 Å².